The van der Waals surface area contributed by atoms with Crippen LogP contribution in [0.5, 0.6) is 0 Å². The smallest absolute Gasteiger partial charge is 0.421 e. The number of amides is 2. The summed E-state index contributed by atoms with van der Waals surface area (Å²) in [5, 5.41) is 9.07. The number of ether oxygens (including phenoxy) is 2. The van der Waals surface area contributed by atoms with Gasteiger partial charge in [-0.15, -0.1) is 0 Å². The molecule has 0 saturated heterocycles. The zero-order valence-corrected chi connectivity index (χ0v) is 12.8. The van der Waals surface area contributed by atoms with E-state index in [2.05, 4.69) is 0 Å². The van der Waals surface area contributed by atoms with Gasteiger partial charge in [0.15, 0.2) is 0 Å². The molecule has 2 amide bonds. The van der Waals surface area contributed by atoms with E-state index in [-0.39, 0.29) is 13.2 Å². The molecule has 0 aliphatic carbocycles. The van der Waals surface area contributed by atoms with Crippen LogP contribution in [0.1, 0.15) is 46.5 Å². The molecule has 0 bridgehead atoms. The summed E-state index contributed by atoms with van der Waals surface area (Å²) < 4.78 is 9.70. The minimum atomic E-state index is -2.24. The first kappa shape index (κ1) is 19.2. The molecule has 8 heteroatoms. The van der Waals surface area contributed by atoms with E-state index in [4.69, 9.17) is 20.3 Å². The van der Waals surface area contributed by atoms with Crippen molar-refractivity contribution < 1.29 is 29.0 Å². The summed E-state index contributed by atoms with van der Waals surface area (Å²) in [5.41, 5.74) is 3.30. The highest BCUT2D eigenvalue weighted by Gasteiger charge is 2.45. The highest BCUT2D eigenvalue weighted by molar-refractivity contribution is 5.95. The van der Waals surface area contributed by atoms with Gasteiger partial charge in [0.1, 0.15) is 0 Å². The molecule has 21 heavy (non-hydrogen) atoms. The number of hydrogen-bond acceptors (Lipinski definition) is 6. The number of nitrogens with two attached hydrogens (primary N) is 1. The predicted molar refractivity (Wildman–Crippen MR) is 74.6 cm³/mol. The summed E-state index contributed by atoms with van der Waals surface area (Å²) >= 11 is 0. The fraction of sp³-hybridized carbons (Fsp3) is 0.769. The summed E-state index contributed by atoms with van der Waals surface area (Å²) in [7, 11) is 0. The van der Waals surface area contributed by atoms with Gasteiger partial charge in [-0.2, -0.15) is 4.90 Å². The number of unbranched alkanes of at least 4 members (excludes halogenated alkanes) is 2. The van der Waals surface area contributed by atoms with E-state index >= 15 is 0 Å². The molecule has 8 nitrogen and oxygen atoms in total. The highest BCUT2D eigenvalue weighted by atomic mass is 16.6. The Morgan fingerprint density at radius 3 is 1.71 bits per heavy atom. The third kappa shape index (κ3) is 5.99. The highest BCUT2D eigenvalue weighted by Crippen LogP contribution is 2.13. The average molecular weight is 304 g/mol. The molecule has 0 aliphatic rings. The molecule has 0 aromatic rings. The number of imide groups is 1. The normalized spacial score (nSPS) is 13.1. The van der Waals surface area contributed by atoms with Gasteiger partial charge in [-0.25, -0.2) is 14.4 Å². The molecule has 0 saturated carbocycles. The van der Waals surface area contributed by atoms with E-state index in [1.54, 1.807) is 0 Å². The van der Waals surface area contributed by atoms with E-state index in [9.17, 15) is 14.4 Å². The van der Waals surface area contributed by atoms with Gasteiger partial charge in [0.05, 0.1) is 13.2 Å². The fourth-order valence-electron chi connectivity index (χ4n) is 1.29. The van der Waals surface area contributed by atoms with Gasteiger partial charge in [-0.1, -0.05) is 26.7 Å². The van der Waals surface area contributed by atoms with Crippen LogP contribution >= 0.6 is 0 Å². The maximum Gasteiger partial charge on any atom is 0.421 e. The summed E-state index contributed by atoms with van der Waals surface area (Å²) in [6.07, 6.45) is 0.507. The summed E-state index contributed by atoms with van der Waals surface area (Å²) in [6, 6.07) is 0. The van der Waals surface area contributed by atoms with Crippen LogP contribution in [0.4, 0.5) is 9.59 Å². The van der Waals surface area contributed by atoms with E-state index in [1.807, 2.05) is 13.8 Å². The monoisotopic (exact) mass is 304 g/mol. The van der Waals surface area contributed by atoms with Crippen molar-refractivity contribution in [3.63, 3.8) is 0 Å². The molecule has 0 rings (SSSR count). The molecule has 1 atom stereocenters. The van der Waals surface area contributed by atoms with Crippen LogP contribution in [0.3, 0.4) is 0 Å². The maximum atomic E-state index is 11.9. The van der Waals surface area contributed by atoms with Crippen LogP contribution < -0.4 is 5.73 Å². The molecule has 122 valence electrons. The Morgan fingerprint density at radius 2 is 1.43 bits per heavy atom. The summed E-state index contributed by atoms with van der Waals surface area (Å²) in [5.74, 6) is -1.54. The summed E-state index contributed by atoms with van der Waals surface area (Å²) in [4.78, 5) is 35.2. The zero-order valence-electron chi connectivity index (χ0n) is 12.8. The van der Waals surface area contributed by atoms with Gasteiger partial charge in [0.2, 0.25) is 5.66 Å². The Bertz CT molecular complexity index is 348. The molecule has 3 N–H and O–H groups in total. The number of nitrogens with zero attached hydrogens (tertiary/aromatic N) is 1. The van der Waals surface area contributed by atoms with E-state index in [1.165, 1.54) is 0 Å². The molecule has 0 aromatic heterocycles. The van der Waals surface area contributed by atoms with Crippen molar-refractivity contribution in [3.8, 4) is 0 Å². The third-order valence-electron chi connectivity index (χ3n) is 2.71. The predicted octanol–water partition coefficient (Wildman–Crippen LogP) is 1.92. The number of carboxylic acid groups (broad SMARTS) is 1. The third-order valence-corrected chi connectivity index (χ3v) is 2.71. The van der Waals surface area contributed by atoms with Crippen LogP contribution in [0.2, 0.25) is 0 Å². The van der Waals surface area contributed by atoms with Crippen molar-refractivity contribution in [3.05, 3.63) is 0 Å². The molecule has 0 spiro atoms. The number of carbonyl (C=O) groups is 3. The quantitative estimate of drug-likeness (QED) is 0.519. The van der Waals surface area contributed by atoms with Crippen LogP contribution in [-0.2, 0) is 14.3 Å². The second kappa shape index (κ2) is 9.17. The second-order valence-corrected chi connectivity index (χ2v) is 4.72. The van der Waals surface area contributed by atoms with Gasteiger partial charge < -0.3 is 14.6 Å². The average Bonchev–Trinajstić information content (AvgIpc) is 2.39. The lowest BCUT2D eigenvalue weighted by Crippen LogP contribution is -2.63. The second-order valence-electron chi connectivity index (χ2n) is 4.72. The lowest BCUT2D eigenvalue weighted by atomic mass is 10.2. The van der Waals surface area contributed by atoms with Crippen molar-refractivity contribution in [1.29, 1.82) is 0 Å². The SMILES string of the molecule is CCCCOC(=O)N(C(=O)OCCCC)C(C)(N)C(=O)O. The van der Waals surface area contributed by atoms with Crippen molar-refractivity contribution in [2.45, 2.75) is 52.1 Å². The Hall–Kier alpha value is -1.83. The minimum absolute atomic E-state index is 0.0732. The van der Waals surface area contributed by atoms with Crippen molar-refractivity contribution in [1.82, 2.24) is 4.90 Å². The molecule has 0 aliphatic heterocycles. The molecule has 0 fully saturated rings. The van der Waals surface area contributed by atoms with Gasteiger partial charge >= 0.3 is 18.2 Å². The van der Waals surface area contributed by atoms with E-state index in [0.717, 1.165) is 19.8 Å². The lowest BCUT2D eigenvalue weighted by molar-refractivity contribution is -0.148. The maximum absolute atomic E-state index is 11.9. The lowest BCUT2D eigenvalue weighted by Gasteiger charge is -2.31. The standard InChI is InChI=1S/C13H24N2O6/c1-4-6-8-20-11(18)15(13(3,14)10(16)17)12(19)21-9-7-5-2/h4-9,14H2,1-3H3,(H,16,17). The Kier molecular flexibility index (Phi) is 8.37. The van der Waals surface area contributed by atoms with Crippen LogP contribution in [0.25, 0.3) is 0 Å². The Morgan fingerprint density at radius 1 is 1.05 bits per heavy atom. The van der Waals surface area contributed by atoms with Crippen molar-refractivity contribution in [2.75, 3.05) is 13.2 Å². The topological polar surface area (TPSA) is 119 Å². The number of carbonyl (C=O) groups excluding carboxylic acids is 2. The first-order chi connectivity index (χ1) is 9.78. The molecule has 0 heterocycles. The number of aliphatic carboxylic acids is 1. The van der Waals surface area contributed by atoms with Crippen LogP contribution in [-0.4, -0.2) is 47.0 Å². The van der Waals surface area contributed by atoms with Gasteiger partial charge in [-0.05, 0) is 19.8 Å². The van der Waals surface area contributed by atoms with Gasteiger partial charge in [-0.3, -0.25) is 5.73 Å². The first-order valence-corrected chi connectivity index (χ1v) is 6.95. The van der Waals surface area contributed by atoms with Gasteiger partial charge in [0, 0.05) is 0 Å². The fourth-order valence-corrected chi connectivity index (χ4v) is 1.29. The van der Waals surface area contributed by atoms with E-state index < -0.39 is 23.8 Å². The number of hydrogen-bond donors (Lipinski definition) is 2. The molecule has 0 aromatic carbocycles. The van der Waals surface area contributed by atoms with Crippen molar-refractivity contribution in [2.24, 2.45) is 5.73 Å². The molecular formula is C13H24N2O6. The first-order valence-electron chi connectivity index (χ1n) is 6.95. The number of carboxylic acids is 1. The molecule has 0 radical (unpaired) electrons. The largest absolute Gasteiger partial charge is 0.478 e. The minimum Gasteiger partial charge on any atom is -0.478 e. The van der Waals surface area contributed by atoms with Crippen LogP contribution in [0, 0.1) is 0 Å². The van der Waals surface area contributed by atoms with Crippen LogP contribution in [0.15, 0.2) is 0 Å². The zero-order chi connectivity index (χ0) is 16.5. The van der Waals surface area contributed by atoms with E-state index in [0.29, 0.717) is 17.7 Å². The summed E-state index contributed by atoms with van der Waals surface area (Å²) in [6.45, 7) is 4.97. The Balaban J connectivity index is 4.96. The number of rotatable bonds is 8. The molecular weight excluding hydrogens is 280 g/mol. The van der Waals surface area contributed by atoms with Crippen molar-refractivity contribution >= 4 is 18.2 Å². The molecule has 1 unspecified atom stereocenters. The van der Waals surface area contributed by atoms with Gasteiger partial charge in [0.25, 0.3) is 0 Å². The Labute approximate surface area is 124 Å².